The van der Waals surface area contributed by atoms with Gasteiger partial charge in [0.25, 0.3) is 0 Å². The van der Waals surface area contributed by atoms with Crippen molar-refractivity contribution in [3.8, 4) is 0 Å². The van der Waals surface area contributed by atoms with Crippen LogP contribution in [0, 0.1) is 0 Å². The molecule has 6 nitrogen and oxygen atoms in total. The molecule has 0 N–H and O–H groups in total. The third-order valence-corrected chi connectivity index (χ3v) is 16.0. The molecule has 0 rings (SSSR count). The Labute approximate surface area is 475 Å². The Balaban J connectivity index is 3.86. The van der Waals surface area contributed by atoms with Crippen molar-refractivity contribution in [1.82, 2.24) is 0 Å². The fourth-order valence-corrected chi connectivity index (χ4v) is 10.8. The Morgan fingerprint density at radius 3 is 0.658 bits per heavy atom. The van der Waals surface area contributed by atoms with Crippen molar-refractivity contribution in [3.05, 3.63) is 12.2 Å². The summed E-state index contributed by atoms with van der Waals surface area (Å²) in [5.41, 5.74) is 0. The number of ether oxygens (including phenoxy) is 3. The quantitative estimate of drug-likeness (QED) is 0.0261. The van der Waals surface area contributed by atoms with Crippen LogP contribution in [0.3, 0.4) is 0 Å². The molecule has 76 heavy (non-hydrogen) atoms. The van der Waals surface area contributed by atoms with Crippen molar-refractivity contribution >= 4 is 17.9 Å². The molecule has 0 aromatic carbocycles. The molecule has 0 aromatic rings. The first-order valence-corrected chi connectivity index (χ1v) is 34.7. The minimum atomic E-state index is -0.762. The van der Waals surface area contributed by atoms with E-state index in [0.29, 0.717) is 19.3 Å². The number of allylic oxidation sites excluding steroid dienone is 2. The Bertz CT molecular complexity index is 1180. The average Bonchev–Trinajstić information content (AvgIpc) is 3.42. The van der Waals surface area contributed by atoms with Crippen LogP contribution in [0.5, 0.6) is 0 Å². The van der Waals surface area contributed by atoms with Crippen LogP contribution in [0.4, 0.5) is 0 Å². The first-order valence-electron chi connectivity index (χ1n) is 34.7. The summed E-state index contributed by atoms with van der Waals surface area (Å²) in [6, 6.07) is 0. The molecule has 450 valence electrons. The second-order valence-electron chi connectivity index (χ2n) is 23.8. The molecule has 0 aliphatic carbocycles. The summed E-state index contributed by atoms with van der Waals surface area (Å²) in [5.74, 6) is -0.844. The average molecular weight is 1070 g/mol. The Morgan fingerprint density at radius 2 is 0.434 bits per heavy atom. The van der Waals surface area contributed by atoms with Gasteiger partial charge in [0.15, 0.2) is 6.10 Å². The van der Waals surface area contributed by atoms with Crippen LogP contribution >= 0.6 is 0 Å². The van der Waals surface area contributed by atoms with Crippen LogP contribution in [0.1, 0.15) is 400 Å². The van der Waals surface area contributed by atoms with E-state index in [1.54, 1.807) is 0 Å². The molecule has 0 bridgehead atoms. The van der Waals surface area contributed by atoms with Crippen LogP contribution in [0.25, 0.3) is 0 Å². The lowest BCUT2D eigenvalue weighted by Gasteiger charge is -2.18. The number of esters is 3. The summed E-state index contributed by atoms with van der Waals surface area (Å²) in [4.78, 5) is 38.0. The first kappa shape index (κ1) is 74.2. The smallest absolute Gasteiger partial charge is 0.306 e. The van der Waals surface area contributed by atoms with Gasteiger partial charge >= 0.3 is 17.9 Å². The summed E-state index contributed by atoms with van der Waals surface area (Å²) in [6.07, 6.45) is 78.7. The molecule has 0 saturated heterocycles. The minimum absolute atomic E-state index is 0.0631. The molecule has 0 fully saturated rings. The maximum atomic E-state index is 12.8. The largest absolute Gasteiger partial charge is 0.462 e. The summed E-state index contributed by atoms with van der Waals surface area (Å²) in [5, 5.41) is 0. The SMILES string of the molecule is CCCCCCCCCC/C=C\CCCCCCCCCCCCCCCCCCCCCCCCCC(=O)OCC(COC(=O)CCCCCCCC)OC(=O)CCCCCCCCCCCCCCCCCCC. The molecule has 0 saturated carbocycles. The third-order valence-electron chi connectivity index (χ3n) is 16.0. The monoisotopic (exact) mass is 1070 g/mol. The summed E-state index contributed by atoms with van der Waals surface area (Å²) < 4.78 is 16.8. The van der Waals surface area contributed by atoms with E-state index >= 15 is 0 Å². The zero-order valence-corrected chi connectivity index (χ0v) is 51.8. The van der Waals surface area contributed by atoms with E-state index < -0.39 is 6.10 Å². The van der Waals surface area contributed by atoms with Gasteiger partial charge in [0, 0.05) is 19.3 Å². The van der Waals surface area contributed by atoms with Crippen LogP contribution in [0.15, 0.2) is 12.2 Å². The van der Waals surface area contributed by atoms with Crippen molar-refractivity contribution < 1.29 is 28.6 Å². The maximum absolute atomic E-state index is 12.8. The van der Waals surface area contributed by atoms with Crippen LogP contribution in [0.2, 0.25) is 0 Å². The molecular weight excluding hydrogens is 937 g/mol. The lowest BCUT2D eigenvalue weighted by molar-refractivity contribution is -0.167. The highest BCUT2D eigenvalue weighted by atomic mass is 16.6. The van der Waals surface area contributed by atoms with Gasteiger partial charge in [0.1, 0.15) is 13.2 Å². The fraction of sp³-hybridized carbons (Fsp3) is 0.929. The standard InChI is InChI=1S/C70H134O6/c1-4-7-10-13-16-18-20-22-24-26-27-28-29-30-31-32-33-34-35-36-37-38-39-40-41-42-43-45-46-48-50-52-54-57-60-63-69(72)75-66-67(65-74-68(71)62-59-56-15-12-9-6-3)76-70(73)64-61-58-55-53-51-49-47-44-25-23-21-19-17-14-11-8-5-2/h26-27,67H,4-25,28-66H2,1-3H3/b27-26-. The van der Waals surface area contributed by atoms with E-state index in [1.807, 2.05) is 0 Å². The van der Waals surface area contributed by atoms with Gasteiger partial charge in [-0.05, 0) is 44.9 Å². The number of carbonyl (C=O) groups is 3. The Kier molecular flexibility index (Phi) is 64.1. The normalized spacial score (nSPS) is 12.0. The third kappa shape index (κ3) is 63.0. The van der Waals surface area contributed by atoms with E-state index in [4.69, 9.17) is 14.2 Å². The zero-order chi connectivity index (χ0) is 55.0. The Hall–Kier alpha value is -1.85. The summed E-state index contributed by atoms with van der Waals surface area (Å²) >= 11 is 0. The van der Waals surface area contributed by atoms with Crippen molar-refractivity contribution in [2.24, 2.45) is 0 Å². The molecule has 0 aromatic heterocycles. The molecule has 0 aliphatic rings. The molecule has 0 aliphatic heterocycles. The highest BCUT2D eigenvalue weighted by molar-refractivity contribution is 5.71. The molecule has 6 heteroatoms. The van der Waals surface area contributed by atoms with Gasteiger partial charge in [-0.15, -0.1) is 0 Å². The van der Waals surface area contributed by atoms with Gasteiger partial charge in [-0.2, -0.15) is 0 Å². The molecule has 0 heterocycles. The Morgan fingerprint density at radius 1 is 0.250 bits per heavy atom. The number of unbranched alkanes of at least 4 members (excludes halogenated alkanes) is 52. The van der Waals surface area contributed by atoms with E-state index in [9.17, 15) is 14.4 Å². The van der Waals surface area contributed by atoms with Crippen molar-refractivity contribution in [3.63, 3.8) is 0 Å². The van der Waals surface area contributed by atoms with Crippen molar-refractivity contribution in [2.75, 3.05) is 13.2 Å². The number of rotatable bonds is 65. The highest BCUT2D eigenvalue weighted by Crippen LogP contribution is 2.19. The minimum Gasteiger partial charge on any atom is -0.462 e. The first-order chi connectivity index (χ1) is 37.5. The second kappa shape index (κ2) is 65.7. The predicted octanol–water partition coefficient (Wildman–Crippen LogP) is 23.6. The lowest BCUT2D eigenvalue weighted by Crippen LogP contribution is -2.30. The highest BCUT2D eigenvalue weighted by Gasteiger charge is 2.19. The molecule has 0 spiro atoms. The van der Waals surface area contributed by atoms with E-state index in [1.165, 1.54) is 302 Å². The van der Waals surface area contributed by atoms with Gasteiger partial charge in [-0.3, -0.25) is 14.4 Å². The number of carbonyl (C=O) groups excluding carboxylic acids is 3. The molecular formula is C70H134O6. The maximum Gasteiger partial charge on any atom is 0.306 e. The molecule has 0 radical (unpaired) electrons. The lowest BCUT2D eigenvalue weighted by atomic mass is 10.0. The second-order valence-corrected chi connectivity index (χ2v) is 23.8. The van der Waals surface area contributed by atoms with Crippen LogP contribution < -0.4 is 0 Å². The summed E-state index contributed by atoms with van der Waals surface area (Å²) in [6.45, 7) is 6.65. The van der Waals surface area contributed by atoms with Crippen molar-refractivity contribution in [1.29, 1.82) is 0 Å². The van der Waals surface area contributed by atoms with E-state index in [0.717, 1.165) is 57.8 Å². The number of hydrogen-bond acceptors (Lipinski definition) is 6. The number of hydrogen-bond donors (Lipinski definition) is 0. The topological polar surface area (TPSA) is 78.9 Å². The molecule has 1 atom stereocenters. The van der Waals surface area contributed by atoms with Crippen LogP contribution in [-0.2, 0) is 28.6 Å². The van der Waals surface area contributed by atoms with E-state index in [-0.39, 0.29) is 31.1 Å². The fourth-order valence-electron chi connectivity index (χ4n) is 10.8. The zero-order valence-electron chi connectivity index (χ0n) is 51.8. The summed E-state index contributed by atoms with van der Waals surface area (Å²) in [7, 11) is 0. The molecule has 1 unspecified atom stereocenters. The van der Waals surface area contributed by atoms with Gasteiger partial charge < -0.3 is 14.2 Å². The van der Waals surface area contributed by atoms with Gasteiger partial charge in [-0.25, -0.2) is 0 Å². The predicted molar refractivity (Wildman–Crippen MR) is 330 cm³/mol. The van der Waals surface area contributed by atoms with Gasteiger partial charge in [-0.1, -0.05) is 348 Å². The van der Waals surface area contributed by atoms with Crippen LogP contribution in [-0.4, -0.2) is 37.2 Å². The van der Waals surface area contributed by atoms with E-state index in [2.05, 4.69) is 32.9 Å². The van der Waals surface area contributed by atoms with Crippen molar-refractivity contribution in [2.45, 2.75) is 406 Å². The molecule has 0 amide bonds. The van der Waals surface area contributed by atoms with Gasteiger partial charge in [0.2, 0.25) is 0 Å². The van der Waals surface area contributed by atoms with Gasteiger partial charge in [0.05, 0.1) is 0 Å².